The number of nitrogens with one attached hydrogen (secondary N) is 1. The highest BCUT2D eigenvalue weighted by Gasteiger charge is 2.14. The van der Waals surface area contributed by atoms with E-state index < -0.39 is 0 Å². The number of carbonyl (C=O) groups excluding carboxylic acids is 1. The van der Waals surface area contributed by atoms with E-state index >= 15 is 0 Å². The van der Waals surface area contributed by atoms with Crippen molar-refractivity contribution < 1.29 is 9.53 Å². The largest absolute Gasteiger partial charge is 0.497 e. The first kappa shape index (κ1) is 16.2. The number of rotatable bonds is 5. The van der Waals surface area contributed by atoms with Gasteiger partial charge in [-0.15, -0.1) is 0 Å². The molecule has 3 rings (SSSR count). The molecule has 124 valence electrons. The number of ether oxygens (including phenoxy) is 1. The normalized spacial score (nSPS) is 10.6. The van der Waals surface area contributed by atoms with E-state index in [-0.39, 0.29) is 5.91 Å². The molecule has 0 bridgehead atoms. The molecule has 0 aliphatic heterocycles. The van der Waals surface area contributed by atoms with Gasteiger partial charge in [0.15, 0.2) is 0 Å². The Labute approximate surface area is 144 Å². The third kappa shape index (κ3) is 3.46. The number of aromatic nitrogens is 3. The minimum atomic E-state index is -0.169. The fourth-order valence-electron chi connectivity index (χ4n) is 2.36. The zero-order valence-corrected chi connectivity index (χ0v) is 14.6. The van der Waals surface area contributed by atoms with Gasteiger partial charge in [0.2, 0.25) is 0 Å². The predicted octanol–water partition coefficient (Wildman–Crippen LogP) is 3.27. The Morgan fingerprint density at radius 1 is 1.29 bits per heavy atom. The molecule has 1 N–H and O–H groups in total. The van der Waals surface area contributed by atoms with Crippen LogP contribution in [0.25, 0.3) is 0 Å². The van der Waals surface area contributed by atoms with E-state index in [4.69, 9.17) is 4.74 Å². The number of nitrogens with zero attached hydrogens (tertiary/aromatic N) is 3. The summed E-state index contributed by atoms with van der Waals surface area (Å²) >= 11 is 1.28. The van der Waals surface area contributed by atoms with Crippen molar-refractivity contribution in [3.8, 4) is 5.75 Å². The van der Waals surface area contributed by atoms with Crippen LogP contribution in [0.4, 0.5) is 5.82 Å². The first-order valence-corrected chi connectivity index (χ1v) is 8.30. The van der Waals surface area contributed by atoms with Gasteiger partial charge in [-0.2, -0.15) is 9.47 Å². The maximum atomic E-state index is 12.4. The molecule has 0 saturated heterocycles. The SMILES string of the molecule is COc1ccc(Cn2nc(C)cc2NC(=O)c2csnc2C)cc1. The summed E-state index contributed by atoms with van der Waals surface area (Å²) in [6.45, 7) is 4.29. The Hall–Kier alpha value is -2.67. The van der Waals surface area contributed by atoms with E-state index in [9.17, 15) is 4.79 Å². The van der Waals surface area contributed by atoms with Gasteiger partial charge in [0, 0.05) is 11.4 Å². The summed E-state index contributed by atoms with van der Waals surface area (Å²) in [5, 5.41) is 9.14. The van der Waals surface area contributed by atoms with Crippen LogP contribution in [0.15, 0.2) is 35.7 Å². The summed E-state index contributed by atoms with van der Waals surface area (Å²) in [6.07, 6.45) is 0. The van der Waals surface area contributed by atoms with E-state index in [2.05, 4.69) is 14.8 Å². The van der Waals surface area contributed by atoms with Gasteiger partial charge in [-0.1, -0.05) is 12.1 Å². The van der Waals surface area contributed by atoms with Gasteiger partial charge >= 0.3 is 0 Å². The number of anilines is 1. The molecule has 0 spiro atoms. The Bertz CT molecular complexity index is 852. The number of hydrogen-bond donors (Lipinski definition) is 1. The average Bonchev–Trinajstić information content (AvgIpc) is 3.14. The Kier molecular flexibility index (Phi) is 4.61. The van der Waals surface area contributed by atoms with Crippen molar-refractivity contribution in [1.29, 1.82) is 0 Å². The monoisotopic (exact) mass is 342 g/mol. The Balaban J connectivity index is 1.79. The average molecular weight is 342 g/mol. The molecule has 1 amide bonds. The molecule has 6 nitrogen and oxygen atoms in total. The van der Waals surface area contributed by atoms with Crippen LogP contribution in [0.1, 0.15) is 27.3 Å². The van der Waals surface area contributed by atoms with Crippen LogP contribution >= 0.6 is 11.5 Å². The summed E-state index contributed by atoms with van der Waals surface area (Å²) < 4.78 is 11.1. The van der Waals surface area contributed by atoms with E-state index in [1.54, 1.807) is 17.2 Å². The highest BCUT2D eigenvalue weighted by molar-refractivity contribution is 7.04. The molecule has 0 fully saturated rings. The molecular formula is C17H18N4O2S. The van der Waals surface area contributed by atoms with Gasteiger partial charge in [0.1, 0.15) is 11.6 Å². The second kappa shape index (κ2) is 6.84. The van der Waals surface area contributed by atoms with Crippen LogP contribution in [0.5, 0.6) is 5.75 Å². The molecule has 0 saturated carbocycles. The fourth-order valence-corrected chi connectivity index (χ4v) is 3.06. The third-order valence-corrected chi connectivity index (χ3v) is 4.35. The van der Waals surface area contributed by atoms with Crippen molar-refractivity contribution in [2.24, 2.45) is 0 Å². The number of hydrogen-bond acceptors (Lipinski definition) is 5. The maximum absolute atomic E-state index is 12.4. The second-order valence-corrected chi connectivity index (χ2v) is 6.07. The lowest BCUT2D eigenvalue weighted by molar-refractivity contribution is 0.102. The van der Waals surface area contributed by atoms with Crippen molar-refractivity contribution in [3.05, 3.63) is 58.2 Å². The molecule has 2 heterocycles. The summed E-state index contributed by atoms with van der Waals surface area (Å²) in [5.74, 6) is 1.31. The highest BCUT2D eigenvalue weighted by atomic mass is 32.1. The van der Waals surface area contributed by atoms with Crippen LogP contribution in [-0.2, 0) is 6.54 Å². The summed E-state index contributed by atoms with van der Waals surface area (Å²) in [7, 11) is 1.64. The lowest BCUT2D eigenvalue weighted by atomic mass is 10.2. The van der Waals surface area contributed by atoms with Crippen LogP contribution in [0.3, 0.4) is 0 Å². The number of carbonyl (C=O) groups is 1. The van der Waals surface area contributed by atoms with Gasteiger partial charge < -0.3 is 10.1 Å². The summed E-state index contributed by atoms with van der Waals surface area (Å²) in [6, 6.07) is 9.63. The molecule has 0 atom stereocenters. The van der Waals surface area contributed by atoms with Crippen LogP contribution in [0.2, 0.25) is 0 Å². The minimum absolute atomic E-state index is 0.169. The van der Waals surface area contributed by atoms with Gasteiger partial charge in [0.25, 0.3) is 5.91 Å². The molecule has 7 heteroatoms. The van der Waals surface area contributed by atoms with Crippen LogP contribution < -0.4 is 10.1 Å². The van der Waals surface area contributed by atoms with Gasteiger partial charge in [-0.05, 0) is 43.1 Å². The number of aryl methyl sites for hydroxylation is 2. The Morgan fingerprint density at radius 3 is 2.67 bits per heavy atom. The summed E-state index contributed by atoms with van der Waals surface area (Å²) in [5.41, 5.74) is 3.24. The maximum Gasteiger partial charge on any atom is 0.259 e. The smallest absolute Gasteiger partial charge is 0.259 e. The number of amides is 1. The minimum Gasteiger partial charge on any atom is -0.497 e. The first-order valence-electron chi connectivity index (χ1n) is 7.46. The number of benzene rings is 1. The predicted molar refractivity (Wildman–Crippen MR) is 93.9 cm³/mol. The zero-order valence-electron chi connectivity index (χ0n) is 13.7. The van der Waals surface area contributed by atoms with Crippen molar-refractivity contribution in [1.82, 2.24) is 14.2 Å². The van der Waals surface area contributed by atoms with Gasteiger partial charge in [-0.25, -0.2) is 4.68 Å². The van der Waals surface area contributed by atoms with Gasteiger partial charge in [0.05, 0.1) is 30.6 Å². The van der Waals surface area contributed by atoms with Crippen molar-refractivity contribution in [2.45, 2.75) is 20.4 Å². The van der Waals surface area contributed by atoms with E-state index in [1.807, 2.05) is 44.2 Å². The molecule has 0 radical (unpaired) electrons. The quantitative estimate of drug-likeness (QED) is 0.773. The van der Waals surface area contributed by atoms with Crippen molar-refractivity contribution in [3.63, 3.8) is 0 Å². The fraction of sp³-hybridized carbons (Fsp3) is 0.235. The zero-order chi connectivity index (χ0) is 17.1. The lowest BCUT2D eigenvalue weighted by Gasteiger charge is -2.09. The summed E-state index contributed by atoms with van der Waals surface area (Å²) in [4.78, 5) is 12.4. The Morgan fingerprint density at radius 2 is 2.04 bits per heavy atom. The van der Waals surface area contributed by atoms with Crippen molar-refractivity contribution >= 4 is 23.3 Å². The standard InChI is InChI=1S/C17H18N4O2S/c1-11-8-16(18-17(22)15-10-24-20-12(15)2)21(19-11)9-13-4-6-14(23-3)7-5-13/h4-8,10H,9H2,1-3H3,(H,18,22). The number of methoxy groups -OCH3 is 1. The van der Waals surface area contributed by atoms with Crippen LogP contribution in [-0.4, -0.2) is 27.2 Å². The molecule has 0 aliphatic rings. The molecule has 2 aromatic heterocycles. The van der Waals surface area contributed by atoms with Crippen molar-refractivity contribution in [2.75, 3.05) is 12.4 Å². The highest BCUT2D eigenvalue weighted by Crippen LogP contribution is 2.18. The first-order chi connectivity index (χ1) is 11.6. The topological polar surface area (TPSA) is 69.0 Å². The van der Waals surface area contributed by atoms with Gasteiger partial charge in [-0.3, -0.25) is 4.79 Å². The molecule has 0 aliphatic carbocycles. The lowest BCUT2D eigenvalue weighted by Crippen LogP contribution is -2.16. The third-order valence-electron chi connectivity index (χ3n) is 3.63. The molecule has 1 aromatic carbocycles. The van der Waals surface area contributed by atoms with E-state index in [0.29, 0.717) is 17.9 Å². The molecule has 24 heavy (non-hydrogen) atoms. The second-order valence-electron chi connectivity index (χ2n) is 5.44. The molecule has 3 aromatic rings. The van der Waals surface area contributed by atoms with E-state index in [1.165, 1.54) is 11.5 Å². The molecule has 0 unspecified atom stereocenters. The van der Waals surface area contributed by atoms with E-state index in [0.717, 1.165) is 22.7 Å². The molecular weight excluding hydrogens is 324 g/mol. The van der Waals surface area contributed by atoms with Crippen LogP contribution in [0, 0.1) is 13.8 Å².